The van der Waals surface area contributed by atoms with Crippen LogP contribution in [0.1, 0.15) is 38.7 Å². The second-order valence-electron chi connectivity index (χ2n) is 5.92. The van der Waals surface area contributed by atoms with E-state index in [1.54, 1.807) is 0 Å². The second kappa shape index (κ2) is 6.09. The van der Waals surface area contributed by atoms with E-state index in [0.29, 0.717) is 24.3 Å². The van der Waals surface area contributed by atoms with Gasteiger partial charge in [-0.1, -0.05) is 26.0 Å². The molecule has 0 aromatic heterocycles. The summed E-state index contributed by atoms with van der Waals surface area (Å²) in [6, 6.07) is 8.32. The van der Waals surface area contributed by atoms with Gasteiger partial charge in [0.2, 0.25) is 5.91 Å². The fraction of sp³-hybridized carbons (Fsp3) is 0.562. The van der Waals surface area contributed by atoms with Crippen LogP contribution in [0.4, 0.5) is 5.69 Å². The van der Waals surface area contributed by atoms with E-state index in [1.165, 1.54) is 12.8 Å². The summed E-state index contributed by atoms with van der Waals surface area (Å²) in [6.45, 7) is 5.22. The molecule has 0 saturated heterocycles. The molecule has 0 bridgehead atoms. The molecule has 2 N–H and O–H groups in total. The molecule has 1 amide bonds. The molecule has 0 aliphatic heterocycles. The molecular weight excluding hydrogens is 236 g/mol. The van der Waals surface area contributed by atoms with Crippen molar-refractivity contribution in [2.24, 2.45) is 5.92 Å². The summed E-state index contributed by atoms with van der Waals surface area (Å²) in [4.78, 5) is 14.4. The first-order chi connectivity index (χ1) is 9.06. The molecule has 0 unspecified atom stereocenters. The monoisotopic (exact) mass is 260 g/mol. The third kappa shape index (κ3) is 4.27. The van der Waals surface area contributed by atoms with E-state index in [2.05, 4.69) is 18.7 Å². The van der Waals surface area contributed by atoms with Crippen LogP contribution in [0.3, 0.4) is 0 Å². The van der Waals surface area contributed by atoms with Crippen molar-refractivity contribution in [3.05, 3.63) is 29.8 Å². The minimum absolute atomic E-state index is 0.290. The molecule has 0 spiro atoms. The number of nitrogens with two attached hydrogens (primary N) is 1. The van der Waals surface area contributed by atoms with Gasteiger partial charge in [0.1, 0.15) is 0 Å². The van der Waals surface area contributed by atoms with E-state index in [1.807, 2.05) is 24.3 Å². The van der Waals surface area contributed by atoms with Crippen molar-refractivity contribution in [2.45, 2.75) is 45.6 Å². The van der Waals surface area contributed by atoms with Crippen molar-refractivity contribution in [1.82, 2.24) is 4.90 Å². The molecule has 3 nitrogen and oxygen atoms in total. The van der Waals surface area contributed by atoms with Crippen molar-refractivity contribution in [1.29, 1.82) is 0 Å². The van der Waals surface area contributed by atoms with Gasteiger partial charge in [-0.25, -0.2) is 0 Å². The second-order valence-corrected chi connectivity index (χ2v) is 5.92. The summed E-state index contributed by atoms with van der Waals surface area (Å²) in [7, 11) is 0. The quantitative estimate of drug-likeness (QED) is 0.799. The number of rotatable bonds is 6. The largest absolute Gasteiger partial charge is 0.399 e. The maximum atomic E-state index is 12.3. The number of hydrogen-bond donors (Lipinski definition) is 1. The lowest BCUT2D eigenvalue weighted by Crippen LogP contribution is -2.36. The van der Waals surface area contributed by atoms with Crippen LogP contribution in [0, 0.1) is 5.92 Å². The number of nitrogens with zero attached hydrogens (tertiary/aromatic N) is 1. The van der Waals surface area contributed by atoms with Gasteiger partial charge in [0, 0.05) is 24.7 Å². The average Bonchev–Trinajstić information content (AvgIpc) is 3.17. The summed E-state index contributed by atoms with van der Waals surface area (Å²) in [5.41, 5.74) is 7.67. The van der Waals surface area contributed by atoms with Crippen molar-refractivity contribution < 1.29 is 4.79 Å². The van der Waals surface area contributed by atoms with Gasteiger partial charge in [-0.05, 0) is 42.9 Å². The van der Waals surface area contributed by atoms with Gasteiger partial charge in [-0.3, -0.25) is 4.79 Å². The van der Waals surface area contributed by atoms with Gasteiger partial charge >= 0.3 is 0 Å². The summed E-state index contributed by atoms with van der Waals surface area (Å²) in [5, 5.41) is 0. The number of nitrogen functional groups attached to an aromatic ring is 1. The number of benzene rings is 1. The molecule has 0 heterocycles. The molecule has 0 radical (unpaired) electrons. The van der Waals surface area contributed by atoms with E-state index in [9.17, 15) is 4.79 Å². The van der Waals surface area contributed by atoms with Gasteiger partial charge in [-0.2, -0.15) is 0 Å². The summed E-state index contributed by atoms with van der Waals surface area (Å²) >= 11 is 0. The molecule has 1 aliphatic carbocycles. The third-order valence-corrected chi connectivity index (χ3v) is 3.45. The Morgan fingerprint density at radius 3 is 2.74 bits per heavy atom. The van der Waals surface area contributed by atoms with E-state index in [-0.39, 0.29) is 0 Å². The average molecular weight is 260 g/mol. The topological polar surface area (TPSA) is 46.3 Å². The Bertz CT molecular complexity index is 438. The van der Waals surface area contributed by atoms with Crippen LogP contribution in [0.25, 0.3) is 0 Å². The molecule has 19 heavy (non-hydrogen) atoms. The highest BCUT2D eigenvalue weighted by Gasteiger charge is 2.32. The Morgan fingerprint density at radius 1 is 1.42 bits per heavy atom. The van der Waals surface area contributed by atoms with E-state index in [0.717, 1.165) is 24.2 Å². The number of anilines is 1. The van der Waals surface area contributed by atoms with E-state index >= 15 is 0 Å². The van der Waals surface area contributed by atoms with Crippen molar-refractivity contribution in [2.75, 3.05) is 12.3 Å². The molecule has 1 aromatic rings. The first-order valence-electron chi connectivity index (χ1n) is 7.20. The van der Waals surface area contributed by atoms with Crippen molar-refractivity contribution in [3.63, 3.8) is 0 Å². The molecule has 0 atom stereocenters. The summed E-state index contributed by atoms with van der Waals surface area (Å²) < 4.78 is 0. The zero-order valence-corrected chi connectivity index (χ0v) is 11.9. The fourth-order valence-electron chi connectivity index (χ4n) is 2.38. The molecule has 1 aromatic carbocycles. The number of amides is 1. The smallest absolute Gasteiger partial charge is 0.223 e. The van der Waals surface area contributed by atoms with Crippen LogP contribution >= 0.6 is 0 Å². The highest BCUT2D eigenvalue weighted by molar-refractivity contribution is 5.77. The van der Waals surface area contributed by atoms with E-state index < -0.39 is 0 Å². The lowest BCUT2D eigenvalue weighted by atomic mass is 10.1. The molecule has 1 saturated carbocycles. The Hall–Kier alpha value is -1.51. The molecule has 1 aliphatic rings. The first-order valence-corrected chi connectivity index (χ1v) is 7.20. The standard InChI is InChI=1S/C16H24N2O/c1-12(2)11-18(15-7-8-15)16(19)9-6-13-4-3-5-14(17)10-13/h3-5,10,12,15H,6-9,11,17H2,1-2H3. The zero-order valence-electron chi connectivity index (χ0n) is 11.9. The summed E-state index contributed by atoms with van der Waals surface area (Å²) in [5.74, 6) is 0.829. The van der Waals surface area contributed by atoms with Crippen LogP contribution in [-0.4, -0.2) is 23.4 Å². The highest BCUT2D eigenvalue weighted by Crippen LogP contribution is 2.28. The highest BCUT2D eigenvalue weighted by atomic mass is 16.2. The molecule has 1 fully saturated rings. The Morgan fingerprint density at radius 2 is 2.16 bits per heavy atom. The minimum atomic E-state index is 0.290. The fourth-order valence-corrected chi connectivity index (χ4v) is 2.38. The van der Waals surface area contributed by atoms with Crippen LogP contribution < -0.4 is 5.73 Å². The normalized spacial score (nSPS) is 14.7. The number of carbonyl (C=O) groups excluding carboxylic acids is 1. The lowest BCUT2D eigenvalue weighted by molar-refractivity contribution is -0.132. The first kappa shape index (κ1) is 13.9. The number of carbonyl (C=O) groups is 1. The summed E-state index contributed by atoms with van der Waals surface area (Å²) in [6.07, 6.45) is 3.73. The van der Waals surface area contributed by atoms with Crippen LogP contribution in [0.15, 0.2) is 24.3 Å². The van der Waals surface area contributed by atoms with Crippen molar-refractivity contribution >= 4 is 11.6 Å². The zero-order chi connectivity index (χ0) is 13.8. The third-order valence-electron chi connectivity index (χ3n) is 3.45. The van der Waals surface area contributed by atoms with Crippen LogP contribution in [0.2, 0.25) is 0 Å². The van der Waals surface area contributed by atoms with Gasteiger partial charge in [0.15, 0.2) is 0 Å². The SMILES string of the molecule is CC(C)CN(C(=O)CCc1cccc(N)c1)C1CC1. The molecule has 3 heteroatoms. The maximum absolute atomic E-state index is 12.3. The number of hydrogen-bond acceptors (Lipinski definition) is 2. The van der Waals surface area contributed by atoms with E-state index in [4.69, 9.17) is 5.73 Å². The predicted molar refractivity (Wildman–Crippen MR) is 78.7 cm³/mol. The molecule has 104 valence electrons. The Balaban J connectivity index is 1.88. The molecular formula is C16H24N2O. The maximum Gasteiger partial charge on any atom is 0.223 e. The number of aryl methyl sites for hydroxylation is 1. The van der Waals surface area contributed by atoms with Crippen molar-refractivity contribution in [3.8, 4) is 0 Å². The Kier molecular flexibility index (Phi) is 4.46. The lowest BCUT2D eigenvalue weighted by Gasteiger charge is -2.24. The van der Waals surface area contributed by atoms with Gasteiger partial charge in [0.25, 0.3) is 0 Å². The van der Waals surface area contributed by atoms with Crippen LogP contribution in [-0.2, 0) is 11.2 Å². The predicted octanol–water partition coefficient (Wildman–Crippen LogP) is 2.85. The van der Waals surface area contributed by atoms with Gasteiger partial charge < -0.3 is 10.6 Å². The Labute approximate surface area is 115 Å². The van der Waals surface area contributed by atoms with Gasteiger partial charge in [-0.15, -0.1) is 0 Å². The van der Waals surface area contributed by atoms with Gasteiger partial charge in [0.05, 0.1) is 0 Å². The minimum Gasteiger partial charge on any atom is -0.399 e. The molecule has 2 rings (SSSR count). The van der Waals surface area contributed by atoms with Crippen LogP contribution in [0.5, 0.6) is 0 Å².